The first-order valence-electron chi connectivity index (χ1n) is 6.53. The molecule has 2 aromatic rings. The maximum Gasteiger partial charge on any atom is 0.229 e. The minimum absolute atomic E-state index is 0.0227. The lowest BCUT2D eigenvalue weighted by Crippen LogP contribution is -2.27. The average Bonchev–Trinajstić information content (AvgIpc) is 3.08. The fourth-order valence-corrected chi connectivity index (χ4v) is 3.41. The molecule has 1 amide bonds. The van der Waals surface area contributed by atoms with Crippen LogP contribution in [0.15, 0.2) is 12.3 Å². The number of aryl methyl sites for hydroxylation is 1. The fourth-order valence-electron chi connectivity index (χ4n) is 2.27. The van der Waals surface area contributed by atoms with Crippen molar-refractivity contribution in [1.82, 2.24) is 25.2 Å². The van der Waals surface area contributed by atoms with Crippen LogP contribution in [0.5, 0.6) is 0 Å². The number of carbonyl (C=O) groups is 1. The van der Waals surface area contributed by atoms with Gasteiger partial charge in [-0.15, -0.1) is 5.10 Å². The molecular weight excluding hydrogens is 276 g/mol. The third-order valence-electron chi connectivity index (χ3n) is 3.38. The van der Waals surface area contributed by atoms with Crippen molar-refractivity contribution in [3.05, 3.63) is 12.3 Å². The van der Waals surface area contributed by atoms with Crippen LogP contribution in [0.25, 0.3) is 11.4 Å². The van der Waals surface area contributed by atoms with Crippen LogP contribution in [0.4, 0.5) is 5.82 Å². The Hall–Kier alpha value is -1.83. The number of nitrogens with one attached hydrogen (secondary N) is 2. The van der Waals surface area contributed by atoms with Gasteiger partial charge in [-0.3, -0.25) is 9.48 Å². The first-order chi connectivity index (χ1) is 9.75. The van der Waals surface area contributed by atoms with Crippen molar-refractivity contribution in [1.29, 1.82) is 0 Å². The zero-order valence-electron chi connectivity index (χ0n) is 11.2. The van der Waals surface area contributed by atoms with E-state index in [4.69, 9.17) is 0 Å². The van der Waals surface area contributed by atoms with Crippen LogP contribution in [-0.2, 0) is 11.8 Å². The molecule has 1 saturated heterocycles. The molecule has 3 rings (SSSR count). The van der Waals surface area contributed by atoms with Crippen LogP contribution in [0.2, 0.25) is 0 Å². The summed E-state index contributed by atoms with van der Waals surface area (Å²) < 4.78 is 1.70. The van der Waals surface area contributed by atoms with Gasteiger partial charge in [-0.05, 0) is 24.7 Å². The molecule has 1 aliphatic rings. The van der Waals surface area contributed by atoms with Crippen LogP contribution in [0.3, 0.4) is 0 Å². The van der Waals surface area contributed by atoms with Gasteiger partial charge in [-0.1, -0.05) is 0 Å². The minimum atomic E-state index is 0.0227. The Morgan fingerprint density at radius 2 is 2.45 bits per heavy atom. The van der Waals surface area contributed by atoms with Crippen molar-refractivity contribution >= 4 is 23.5 Å². The number of hydrogen-bond acceptors (Lipinski definition) is 5. The van der Waals surface area contributed by atoms with Crippen molar-refractivity contribution in [2.45, 2.75) is 12.8 Å². The van der Waals surface area contributed by atoms with Gasteiger partial charge in [-0.25, -0.2) is 0 Å². The second-order valence-electron chi connectivity index (χ2n) is 4.76. The molecule has 0 aromatic carbocycles. The van der Waals surface area contributed by atoms with Crippen LogP contribution in [0, 0.1) is 5.92 Å². The van der Waals surface area contributed by atoms with E-state index in [9.17, 15) is 4.79 Å². The second-order valence-corrected chi connectivity index (χ2v) is 5.91. The number of anilines is 1. The van der Waals surface area contributed by atoms with Gasteiger partial charge in [0.15, 0.2) is 11.5 Å². The van der Waals surface area contributed by atoms with E-state index in [0.29, 0.717) is 11.5 Å². The number of amides is 1. The normalized spacial score (nSPS) is 18.9. The number of aromatic amines is 1. The maximum atomic E-state index is 12.2. The highest BCUT2D eigenvalue weighted by atomic mass is 32.2. The van der Waals surface area contributed by atoms with E-state index in [2.05, 4.69) is 25.8 Å². The van der Waals surface area contributed by atoms with Gasteiger partial charge in [0.1, 0.15) is 0 Å². The summed E-state index contributed by atoms with van der Waals surface area (Å²) in [6, 6.07) is 1.84. The number of thioether (sulfide) groups is 1. The van der Waals surface area contributed by atoms with Crippen molar-refractivity contribution in [2.75, 3.05) is 16.8 Å². The number of aromatic nitrogens is 5. The monoisotopic (exact) mass is 292 g/mol. The zero-order chi connectivity index (χ0) is 13.9. The fraction of sp³-hybridized carbons (Fsp3) is 0.500. The lowest BCUT2D eigenvalue weighted by atomic mass is 10.0. The summed E-state index contributed by atoms with van der Waals surface area (Å²) in [5, 5.41) is 17.7. The standard InChI is InChI=1S/C12H16N6OS/c1-18-9(4-5-13-18)10-11(16-17-15-10)14-12(19)8-3-2-6-20-7-8/h4-5,8H,2-3,6-7H2,1H3,(H2,14,15,16,17,19). The molecule has 0 radical (unpaired) electrons. The molecule has 8 heteroatoms. The van der Waals surface area contributed by atoms with Crippen molar-refractivity contribution in [3.63, 3.8) is 0 Å². The molecule has 2 aromatic heterocycles. The van der Waals surface area contributed by atoms with E-state index in [1.165, 1.54) is 0 Å². The van der Waals surface area contributed by atoms with Crippen LogP contribution >= 0.6 is 11.8 Å². The van der Waals surface area contributed by atoms with Gasteiger partial charge in [0, 0.05) is 24.9 Å². The Balaban J connectivity index is 1.77. The summed E-state index contributed by atoms with van der Waals surface area (Å²) in [6.45, 7) is 0. The average molecular weight is 292 g/mol. The van der Waals surface area contributed by atoms with Crippen LogP contribution < -0.4 is 5.32 Å². The highest BCUT2D eigenvalue weighted by molar-refractivity contribution is 7.99. The van der Waals surface area contributed by atoms with Gasteiger partial charge in [0.05, 0.1) is 5.69 Å². The summed E-state index contributed by atoms with van der Waals surface area (Å²) in [4.78, 5) is 12.2. The molecule has 0 aliphatic carbocycles. The molecule has 1 unspecified atom stereocenters. The Labute approximate surface area is 120 Å². The largest absolute Gasteiger partial charge is 0.307 e. The molecule has 0 spiro atoms. The number of hydrogen-bond donors (Lipinski definition) is 2. The predicted molar refractivity (Wildman–Crippen MR) is 77.3 cm³/mol. The van der Waals surface area contributed by atoms with E-state index < -0.39 is 0 Å². The minimum Gasteiger partial charge on any atom is -0.307 e. The quantitative estimate of drug-likeness (QED) is 0.890. The third-order valence-corrected chi connectivity index (χ3v) is 4.60. The van der Waals surface area contributed by atoms with Crippen LogP contribution in [0.1, 0.15) is 12.8 Å². The predicted octanol–water partition coefficient (Wildman–Crippen LogP) is 1.29. The highest BCUT2D eigenvalue weighted by Gasteiger charge is 2.24. The molecule has 0 saturated carbocycles. The third kappa shape index (κ3) is 2.55. The summed E-state index contributed by atoms with van der Waals surface area (Å²) in [5.41, 5.74) is 1.42. The molecule has 20 heavy (non-hydrogen) atoms. The van der Waals surface area contributed by atoms with E-state index in [-0.39, 0.29) is 11.8 Å². The molecule has 1 aliphatic heterocycles. The molecule has 1 atom stereocenters. The van der Waals surface area contributed by atoms with Gasteiger partial charge >= 0.3 is 0 Å². The number of H-pyrrole nitrogens is 1. The highest BCUT2D eigenvalue weighted by Crippen LogP contribution is 2.26. The van der Waals surface area contributed by atoms with Crippen molar-refractivity contribution in [2.24, 2.45) is 13.0 Å². The summed E-state index contributed by atoms with van der Waals surface area (Å²) in [5.74, 6) is 2.58. The Kier molecular flexibility index (Phi) is 3.72. The molecule has 3 heterocycles. The zero-order valence-corrected chi connectivity index (χ0v) is 12.0. The molecule has 7 nitrogen and oxygen atoms in total. The number of carbonyl (C=O) groups excluding carboxylic acids is 1. The summed E-state index contributed by atoms with van der Waals surface area (Å²) in [7, 11) is 1.83. The van der Waals surface area contributed by atoms with Crippen molar-refractivity contribution in [3.8, 4) is 11.4 Å². The van der Waals surface area contributed by atoms with E-state index in [1.807, 2.05) is 24.9 Å². The lowest BCUT2D eigenvalue weighted by Gasteiger charge is -2.19. The Bertz CT molecular complexity index is 601. The number of rotatable bonds is 3. The SMILES string of the molecule is Cn1nccc1-c1n[nH]nc1NC(=O)C1CCCSC1. The molecule has 106 valence electrons. The second kappa shape index (κ2) is 5.66. The topological polar surface area (TPSA) is 88.5 Å². The van der Waals surface area contributed by atoms with Crippen molar-refractivity contribution < 1.29 is 4.79 Å². The molecular formula is C12H16N6OS. The smallest absolute Gasteiger partial charge is 0.229 e. The summed E-state index contributed by atoms with van der Waals surface area (Å²) in [6.07, 6.45) is 3.72. The van der Waals surface area contributed by atoms with Gasteiger partial charge in [0.2, 0.25) is 5.91 Å². The molecule has 2 N–H and O–H groups in total. The molecule has 1 fully saturated rings. The maximum absolute atomic E-state index is 12.2. The Morgan fingerprint density at radius 3 is 3.15 bits per heavy atom. The van der Waals surface area contributed by atoms with Gasteiger partial charge < -0.3 is 5.32 Å². The van der Waals surface area contributed by atoms with E-state index in [1.54, 1.807) is 10.9 Å². The van der Waals surface area contributed by atoms with Crippen LogP contribution in [-0.4, -0.2) is 42.6 Å². The van der Waals surface area contributed by atoms with Gasteiger partial charge in [0.25, 0.3) is 0 Å². The summed E-state index contributed by atoms with van der Waals surface area (Å²) >= 11 is 1.83. The molecule has 0 bridgehead atoms. The van der Waals surface area contributed by atoms with Gasteiger partial charge in [-0.2, -0.15) is 27.2 Å². The first-order valence-corrected chi connectivity index (χ1v) is 7.69. The Morgan fingerprint density at radius 1 is 1.55 bits per heavy atom. The lowest BCUT2D eigenvalue weighted by molar-refractivity contribution is -0.119. The first kappa shape index (κ1) is 13.2. The van der Waals surface area contributed by atoms with E-state index >= 15 is 0 Å². The van der Waals surface area contributed by atoms with E-state index in [0.717, 1.165) is 30.0 Å². The number of nitrogens with zero attached hydrogens (tertiary/aromatic N) is 4.